The van der Waals surface area contributed by atoms with Crippen LogP contribution >= 0.6 is 0 Å². The Balaban J connectivity index is 1.07. The van der Waals surface area contributed by atoms with Crippen LogP contribution in [0.5, 0.6) is 0 Å². The number of carbonyl (C=O) groups is 4. The number of methoxy groups -OCH3 is 1. The lowest BCUT2D eigenvalue weighted by Crippen LogP contribution is -2.50. The molecule has 290 valence electrons. The first-order valence-electron chi connectivity index (χ1n) is 20.0. The Bertz CT molecular complexity index is 1680. The minimum absolute atomic E-state index is 0.0100. The Morgan fingerprint density at radius 2 is 1.70 bits per heavy atom. The molecule has 4 fully saturated rings. The second-order valence-electron chi connectivity index (χ2n) is 17.2. The monoisotopic (exact) mass is 736 g/mol. The number of fused-ring (bicyclic) bond motifs is 4. The first-order valence-corrected chi connectivity index (χ1v) is 20.0. The van der Waals surface area contributed by atoms with E-state index in [1.807, 2.05) is 29.2 Å². The van der Waals surface area contributed by atoms with Gasteiger partial charge in [-0.2, -0.15) is 0 Å². The van der Waals surface area contributed by atoms with E-state index >= 15 is 0 Å². The van der Waals surface area contributed by atoms with Gasteiger partial charge in [-0.15, -0.1) is 0 Å². The van der Waals surface area contributed by atoms with Gasteiger partial charge in [-0.05, 0) is 133 Å². The zero-order chi connectivity index (χ0) is 37.5. The van der Waals surface area contributed by atoms with Crippen LogP contribution in [0.4, 0.5) is 14.9 Å². The molecule has 53 heavy (non-hydrogen) atoms. The second kappa shape index (κ2) is 15.2. The predicted octanol–water partition coefficient (Wildman–Crippen LogP) is 7.46. The van der Waals surface area contributed by atoms with Crippen molar-refractivity contribution in [3.63, 3.8) is 0 Å². The maximum absolute atomic E-state index is 14.4. The van der Waals surface area contributed by atoms with Crippen molar-refractivity contribution >= 4 is 40.5 Å². The molecule has 1 aromatic carbocycles. The van der Waals surface area contributed by atoms with E-state index in [0.29, 0.717) is 49.5 Å². The summed E-state index contributed by atoms with van der Waals surface area (Å²) in [6.45, 7) is 5.13. The van der Waals surface area contributed by atoms with Crippen LogP contribution in [0.1, 0.15) is 121 Å². The fraction of sp³-hybridized carbons (Fsp3) is 0.707. The number of aromatic nitrogens is 1. The van der Waals surface area contributed by atoms with Crippen molar-refractivity contribution in [2.24, 2.45) is 23.7 Å². The van der Waals surface area contributed by atoms with Gasteiger partial charge in [0.05, 0.1) is 17.7 Å². The van der Waals surface area contributed by atoms with Crippen LogP contribution in [0.25, 0.3) is 10.9 Å². The summed E-state index contributed by atoms with van der Waals surface area (Å²) in [5.41, 5.74) is 0.796. The summed E-state index contributed by atoms with van der Waals surface area (Å²) in [5.74, 6) is -0.513. The van der Waals surface area contributed by atoms with Gasteiger partial charge in [0.25, 0.3) is 0 Å². The topological polar surface area (TPSA) is 128 Å². The molecule has 11 nitrogen and oxygen atoms in total. The molecule has 7 rings (SSSR count). The summed E-state index contributed by atoms with van der Waals surface area (Å²) in [7, 11) is 1.75. The Morgan fingerprint density at radius 1 is 0.981 bits per heavy atom. The fourth-order valence-electron chi connectivity index (χ4n) is 10.2. The van der Waals surface area contributed by atoms with Crippen molar-refractivity contribution in [3.8, 4) is 0 Å². The van der Waals surface area contributed by atoms with Crippen LogP contribution in [0.3, 0.4) is 0 Å². The molecule has 0 bridgehead atoms. The average Bonchev–Trinajstić information content (AvgIpc) is 3.83. The van der Waals surface area contributed by atoms with Gasteiger partial charge in [0.15, 0.2) is 5.72 Å². The number of halogens is 1. The number of esters is 1. The van der Waals surface area contributed by atoms with E-state index in [9.17, 15) is 23.6 Å². The molecule has 2 N–H and O–H groups in total. The lowest BCUT2D eigenvalue weighted by Gasteiger charge is -2.38. The molecule has 3 heterocycles. The smallest absolute Gasteiger partial charge is 0.407 e. The van der Waals surface area contributed by atoms with Gasteiger partial charge in [-0.1, -0.05) is 6.42 Å². The van der Waals surface area contributed by atoms with E-state index in [0.717, 1.165) is 75.1 Å². The second-order valence-corrected chi connectivity index (χ2v) is 17.2. The number of hydrogen-bond acceptors (Lipinski definition) is 7. The fourth-order valence-corrected chi connectivity index (χ4v) is 10.2. The highest BCUT2D eigenvalue weighted by Gasteiger charge is 2.49. The van der Waals surface area contributed by atoms with Gasteiger partial charge in [0.1, 0.15) is 24.0 Å². The van der Waals surface area contributed by atoms with E-state index in [4.69, 9.17) is 14.2 Å². The van der Waals surface area contributed by atoms with Crippen LogP contribution in [-0.4, -0.2) is 77.5 Å². The minimum Gasteiger partial charge on any atom is -0.444 e. The highest BCUT2D eigenvalue weighted by molar-refractivity contribution is 6.02. The van der Waals surface area contributed by atoms with Crippen LogP contribution in [0, 0.1) is 23.7 Å². The summed E-state index contributed by atoms with van der Waals surface area (Å²) in [6, 6.07) is 6.38. The van der Waals surface area contributed by atoms with Gasteiger partial charge in [0.2, 0.25) is 11.8 Å². The molecule has 1 saturated heterocycles. The number of alkyl carbamates (subject to hydrolysis) is 1. The molecule has 12 heteroatoms. The lowest BCUT2D eigenvalue weighted by molar-refractivity contribution is -0.142. The van der Waals surface area contributed by atoms with E-state index in [1.54, 1.807) is 27.9 Å². The van der Waals surface area contributed by atoms with Crippen LogP contribution in [0.2, 0.25) is 0 Å². The van der Waals surface area contributed by atoms with E-state index in [2.05, 4.69) is 15.2 Å². The standard InChI is InChI=1S/C41H57FN4O7/c1-40(2,3)53-39(50)44-32(24-42)26-8-10-27(11-9-26)37(48)45-21-18-31(25-12-15-30(51-4)16-13-25)35(45)36(47)43-29-14-17-33-28(22-29)23-34-38(49)52-41(46(33)34)19-6-5-7-20-41/h14,17,22-23,25-27,30-32,35H,5-13,15-16,18-21,24H2,1-4H3,(H,43,47)(H,44,50)/t25-,26-,27-,30-,31-,32+,35-/m0/s1. The zero-order valence-corrected chi connectivity index (χ0v) is 31.8. The van der Waals surface area contributed by atoms with E-state index in [1.165, 1.54) is 0 Å². The number of nitrogens with one attached hydrogen (secondary N) is 2. The number of likely N-dealkylation sites (tertiary alicyclic amines) is 1. The molecule has 2 aromatic rings. The summed E-state index contributed by atoms with van der Waals surface area (Å²) >= 11 is 0. The quantitative estimate of drug-likeness (QED) is 0.270. The first kappa shape index (κ1) is 37.6. The molecule has 3 saturated carbocycles. The van der Waals surface area contributed by atoms with Crippen LogP contribution in [0.15, 0.2) is 24.3 Å². The third-order valence-electron chi connectivity index (χ3n) is 12.8. The maximum atomic E-state index is 14.4. The van der Waals surface area contributed by atoms with Crippen LogP contribution < -0.4 is 10.6 Å². The Labute approximate surface area is 312 Å². The van der Waals surface area contributed by atoms with Gasteiger partial charge in [-0.25, -0.2) is 14.0 Å². The number of alkyl halides is 1. The Hall–Kier alpha value is -3.67. The highest BCUT2D eigenvalue weighted by atomic mass is 19.1. The zero-order valence-electron chi connectivity index (χ0n) is 31.8. The molecule has 0 radical (unpaired) electrons. The maximum Gasteiger partial charge on any atom is 0.407 e. The number of rotatable bonds is 8. The minimum atomic E-state index is -0.702. The third kappa shape index (κ3) is 7.67. The van der Waals surface area contributed by atoms with E-state index in [-0.39, 0.29) is 41.6 Å². The summed E-state index contributed by atoms with van der Waals surface area (Å²) in [6.07, 6.45) is 11.3. The van der Waals surface area contributed by atoms with Crippen molar-refractivity contribution in [1.29, 1.82) is 0 Å². The van der Waals surface area contributed by atoms with Gasteiger partial charge < -0.3 is 29.7 Å². The van der Waals surface area contributed by atoms with Crippen molar-refractivity contribution in [2.75, 3.05) is 25.6 Å². The normalized spacial score (nSPS) is 29.1. The Kier molecular flexibility index (Phi) is 10.8. The Morgan fingerprint density at radius 3 is 2.36 bits per heavy atom. The lowest BCUT2D eigenvalue weighted by atomic mass is 9.75. The molecule has 0 unspecified atom stereocenters. The van der Waals surface area contributed by atoms with Crippen LogP contribution in [-0.2, 0) is 29.5 Å². The number of anilines is 1. The number of hydrogen-bond donors (Lipinski definition) is 2. The molecular weight excluding hydrogens is 679 g/mol. The largest absolute Gasteiger partial charge is 0.444 e. The highest BCUT2D eigenvalue weighted by Crippen LogP contribution is 2.46. The van der Waals surface area contributed by atoms with E-state index < -0.39 is 36.2 Å². The molecule has 3 amide bonds. The third-order valence-corrected chi connectivity index (χ3v) is 12.8. The summed E-state index contributed by atoms with van der Waals surface area (Å²) in [5, 5.41) is 6.77. The molecule has 3 atom stereocenters. The average molecular weight is 737 g/mol. The summed E-state index contributed by atoms with van der Waals surface area (Å²) in [4.78, 5) is 55.9. The van der Waals surface area contributed by atoms with Crippen molar-refractivity contribution in [1.82, 2.24) is 14.8 Å². The SMILES string of the molecule is CO[C@H]1CC[C@H]([C@@H]2CCN(C(=O)[C@H]3CC[C@H]([C@@H](CF)NC(=O)OC(C)(C)C)CC3)[C@@H]2C(=O)Nc2ccc3c(c2)cc2n3C3(CCCCC3)OC2=O)CC1. The number of nitrogens with zero attached hydrogens (tertiary/aromatic N) is 2. The molecule has 1 spiro atoms. The molecule has 3 aliphatic carbocycles. The van der Waals surface area contributed by atoms with Gasteiger partial charge >= 0.3 is 12.1 Å². The van der Waals surface area contributed by atoms with Crippen molar-refractivity contribution < 1.29 is 37.8 Å². The van der Waals surface area contributed by atoms with Gasteiger partial charge in [-0.3, -0.25) is 14.2 Å². The molecular formula is C41H57FN4O7. The number of benzene rings is 1. The molecule has 2 aliphatic heterocycles. The van der Waals surface area contributed by atoms with Gasteiger partial charge in [0, 0.05) is 43.5 Å². The number of ether oxygens (including phenoxy) is 3. The molecule has 5 aliphatic rings. The first-order chi connectivity index (χ1) is 25.4. The van der Waals surface area contributed by atoms with Crippen molar-refractivity contribution in [2.45, 2.75) is 140 Å². The predicted molar refractivity (Wildman–Crippen MR) is 198 cm³/mol. The number of amides is 3. The molecule has 1 aromatic heterocycles. The number of carbonyl (C=O) groups excluding carboxylic acids is 4. The summed E-state index contributed by atoms with van der Waals surface area (Å²) < 4.78 is 33.2. The van der Waals surface area contributed by atoms with Crippen molar-refractivity contribution in [3.05, 3.63) is 30.0 Å².